The molecule has 0 saturated heterocycles. The third-order valence-corrected chi connectivity index (χ3v) is 4.28. The second-order valence-corrected chi connectivity index (χ2v) is 5.53. The van der Waals surface area contributed by atoms with Gasteiger partial charge in [0, 0.05) is 12.1 Å². The van der Waals surface area contributed by atoms with Crippen molar-refractivity contribution in [3.8, 4) is 0 Å². The number of hydrogen-bond acceptors (Lipinski definition) is 2. The van der Waals surface area contributed by atoms with E-state index < -0.39 is 0 Å². The Morgan fingerprint density at radius 2 is 1.88 bits per heavy atom. The van der Waals surface area contributed by atoms with Crippen LogP contribution >= 0.6 is 0 Å². The number of nitrogens with zero attached hydrogens (tertiary/aromatic N) is 1. The summed E-state index contributed by atoms with van der Waals surface area (Å²) in [5, 5.41) is 3.73. The minimum absolute atomic E-state index is 0.745. The van der Waals surface area contributed by atoms with Gasteiger partial charge in [0.1, 0.15) is 0 Å². The van der Waals surface area contributed by atoms with Crippen LogP contribution in [0.5, 0.6) is 0 Å². The molecule has 0 radical (unpaired) electrons. The van der Waals surface area contributed by atoms with Crippen LogP contribution < -0.4 is 5.32 Å². The topological polar surface area (TPSA) is 15.3 Å². The van der Waals surface area contributed by atoms with E-state index in [-0.39, 0.29) is 0 Å². The predicted molar refractivity (Wildman–Crippen MR) is 76.5 cm³/mol. The molecule has 0 aliphatic heterocycles. The SMILES string of the molecule is CCC(C)N(CC)CCCNC1CCCCC1. The van der Waals surface area contributed by atoms with Crippen molar-refractivity contribution >= 4 is 0 Å². The van der Waals surface area contributed by atoms with Crippen molar-refractivity contribution in [3.63, 3.8) is 0 Å². The molecule has 17 heavy (non-hydrogen) atoms. The first kappa shape index (κ1) is 15.0. The number of hydrogen-bond donors (Lipinski definition) is 1. The van der Waals surface area contributed by atoms with Crippen LogP contribution in [-0.2, 0) is 0 Å². The smallest absolute Gasteiger partial charge is 0.00670 e. The average Bonchev–Trinajstić information content (AvgIpc) is 2.39. The minimum atomic E-state index is 0.745. The maximum atomic E-state index is 3.73. The molecule has 1 saturated carbocycles. The molecule has 0 aromatic rings. The summed E-state index contributed by atoms with van der Waals surface area (Å²) in [6, 6.07) is 1.57. The predicted octanol–water partition coefficient (Wildman–Crippen LogP) is 3.42. The molecule has 2 nitrogen and oxygen atoms in total. The van der Waals surface area contributed by atoms with E-state index in [4.69, 9.17) is 0 Å². The van der Waals surface area contributed by atoms with Crippen LogP contribution in [-0.4, -0.2) is 36.6 Å². The summed E-state index contributed by atoms with van der Waals surface area (Å²) in [6.07, 6.45) is 9.71. The molecule has 1 fully saturated rings. The molecule has 1 aliphatic rings. The van der Waals surface area contributed by atoms with Gasteiger partial charge in [0.05, 0.1) is 0 Å². The summed E-state index contributed by atoms with van der Waals surface area (Å²) >= 11 is 0. The Kier molecular flexibility index (Phi) is 7.87. The second kappa shape index (κ2) is 8.93. The highest BCUT2D eigenvalue weighted by atomic mass is 15.1. The van der Waals surface area contributed by atoms with E-state index in [1.54, 1.807) is 0 Å². The van der Waals surface area contributed by atoms with Crippen LogP contribution in [0.15, 0.2) is 0 Å². The zero-order valence-electron chi connectivity index (χ0n) is 12.2. The molecule has 0 aromatic carbocycles. The van der Waals surface area contributed by atoms with Gasteiger partial charge in [-0.05, 0) is 52.2 Å². The van der Waals surface area contributed by atoms with Crippen molar-refractivity contribution in [2.24, 2.45) is 0 Å². The zero-order chi connectivity index (χ0) is 12.5. The van der Waals surface area contributed by atoms with Crippen molar-refractivity contribution in [2.75, 3.05) is 19.6 Å². The molecule has 0 aromatic heterocycles. The highest BCUT2D eigenvalue weighted by molar-refractivity contribution is 4.72. The Hall–Kier alpha value is -0.0800. The Bertz CT molecular complexity index is 176. The molecule has 0 bridgehead atoms. The summed E-state index contributed by atoms with van der Waals surface area (Å²) < 4.78 is 0. The van der Waals surface area contributed by atoms with Crippen LogP contribution in [0, 0.1) is 0 Å². The van der Waals surface area contributed by atoms with Gasteiger partial charge in [0.2, 0.25) is 0 Å². The van der Waals surface area contributed by atoms with Gasteiger partial charge in [-0.3, -0.25) is 0 Å². The lowest BCUT2D eigenvalue weighted by Gasteiger charge is -2.28. The fourth-order valence-corrected chi connectivity index (χ4v) is 2.84. The zero-order valence-corrected chi connectivity index (χ0v) is 12.2. The number of rotatable bonds is 8. The van der Waals surface area contributed by atoms with E-state index in [0.29, 0.717) is 0 Å². The largest absolute Gasteiger partial charge is 0.314 e. The van der Waals surface area contributed by atoms with Gasteiger partial charge in [-0.2, -0.15) is 0 Å². The molecule has 1 rings (SSSR count). The van der Waals surface area contributed by atoms with Crippen LogP contribution in [0.3, 0.4) is 0 Å². The molecule has 1 atom stereocenters. The van der Waals surface area contributed by atoms with Crippen LogP contribution in [0.25, 0.3) is 0 Å². The first-order valence-electron chi connectivity index (χ1n) is 7.75. The summed E-state index contributed by atoms with van der Waals surface area (Å²) in [7, 11) is 0. The summed E-state index contributed by atoms with van der Waals surface area (Å²) in [4.78, 5) is 2.60. The van der Waals surface area contributed by atoms with Gasteiger partial charge in [-0.15, -0.1) is 0 Å². The van der Waals surface area contributed by atoms with E-state index >= 15 is 0 Å². The standard InChI is InChI=1S/C15H32N2/c1-4-14(3)17(5-2)13-9-12-16-15-10-7-6-8-11-15/h14-16H,4-13H2,1-3H3. The molecule has 1 N–H and O–H groups in total. The lowest BCUT2D eigenvalue weighted by Crippen LogP contribution is -2.37. The van der Waals surface area contributed by atoms with Gasteiger partial charge < -0.3 is 10.2 Å². The van der Waals surface area contributed by atoms with Gasteiger partial charge in [0.15, 0.2) is 0 Å². The Morgan fingerprint density at radius 1 is 1.18 bits per heavy atom. The monoisotopic (exact) mass is 240 g/mol. The quantitative estimate of drug-likeness (QED) is 0.654. The lowest BCUT2D eigenvalue weighted by molar-refractivity contribution is 0.210. The van der Waals surface area contributed by atoms with Crippen molar-refractivity contribution in [2.45, 2.75) is 77.8 Å². The fraction of sp³-hybridized carbons (Fsp3) is 1.00. The maximum Gasteiger partial charge on any atom is 0.00670 e. The van der Waals surface area contributed by atoms with E-state index in [9.17, 15) is 0 Å². The Morgan fingerprint density at radius 3 is 2.47 bits per heavy atom. The molecular formula is C15H32N2. The van der Waals surface area contributed by atoms with Crippen molar-refractivity contribution in [3.05, 3.63) is 0 Å². The first-order valence-corrected chi connectivity index (χ1v) is 7.75. The maximum absolute atomic E-state index is 3.73. The van der Waals surface area contributed by atoms with E-state index in [1.165, 1.54) is 64.6 Å². The molecule has 2 heteroatoms. The average molecular weight is 240 g/mol. The Labute approximate surface area is 108 Å². The van der Waals surface area contributed by atoms with E-state index in [0.717, 1.165) is 12.1 Å². The number of nitrogens with one attached hydrogen (secondary N) is 1. The molecule has 0 heterocycles. The Balaban J connectivity index is 2.05. The summed E-state index contributed by atoms with van der Waals surface area (Å²) in [6.45, 7) is 10.6. The molecule has 0 amide bonds. The van der Waals surface area contributed by atoms with Gasteiger partial charge in [-0.1, -0.05) is 33.1 Å². The molecule has 1 unspecified atom stereocenters. The van der Waals surface area contributed by atoms with Gasteiger partial charge in [-0.25, -0.2) is 0 Å². The van der Waals surface area contributed by atoms with E-state index in [2.05, 4.69) is 31.0 Å². The van der Waals surface area contributed by atoms with Gasteiger partial charge >= 0.3 is 0 Å². The van der Waals surface area contributed by atoms with Crippen LogP contribution in [0.1, 0.15) is 65.7 Å². The second-order valence-electron chi connectivity index (χ2n) is 5.53. The third kappa shape index (κ3) is 5.87. The molecule has 1 aliphatic carbocycles. The normalized spacial score (nSPS) is 19.8. The van der Waals surface area contributed by atoms with Crippen LogP contribution in [0.4, 0.5) is 0 Å². The fourth-order valence-electron chi connectivity index (χ4n) is 2.84. The lowest BCUT2D eigenvalue weighted by atomic mass is 9.95. The highest BCUT2D eigenvalue weighted by Crippen LogP contribution is 2.17. The van der Waals surface area contributed by atoms with E-state index in [1.807, 2.05) is 0 Å². The van der Waals surface area contributed by atoms with Crippen molar-refractivity contribution in [1.82, 2.24) is 10.2 Å². The van der Waals surface area contributed by atoms with Crippen molar-refractivity contribution in [1.29, 1.82) is 0 Å². The van der Waals surface area contributed by atoms with Gasteiger partial charge in [0.25, 0.3) is 0 Å². The molecular weight excluding hydrogens is 208 g/mol. The van der Waals surface area contributed by atoms with Crippen LogP contribution in [0.2, 0.25) is 0 Å². The summed E-state index contributed by atoms with van der Waals surface area (Å²) in [5.41, 5.74) is 0. The summed E-state index contributed by atoms with van der Waals surface area (Å²) in [5.74, 6) is 0. The minimum Gasteiger partial charge on any atom is -0.314 e. The highest BCUT2D eigenvalue weighted by Gasteiger charge is 2.13. The molecule has 0 spiro atoms. The first-order chi connectivity index (χ1) is 8.27. The molecule has 102 valence electrons. The third-order valence-electron chi connectivity index (χ3n) is 4.28. The van der Waals surface area contributed by atoms with Crippen molar-refractivity contribution < 1.29 is 0 Å².